The van der Waals surface area contributed by atoms with Crippen molar-refractivity contribution in [1.82, 2.24) is 5.43 Å². The highest BCUT2D eigenvalue weighted by atomic mass is 32.2. The maximum absolute atomic E-state index is 11.1. The number of rotatable bonds is 0. The van der Waals surface area contributed by atoms with Crippen LogP contribution in [-0.2, 0) is 9.84 Å². The Balaban J connectivity index is 2.18. The van der Waals surface area contributed by atoms with Crippen LogP contribution >= 0.6 is 11.8 Å². The molecule has 2 aliphatic rings. The molecule has 0 saturated carbocycles. The molecule has 2 aliphatic heterocycles. The summed E-state index contributed by atoms with van der Waals surface area (Å²) in [5.74, 6) is 5.68. The molecule has 12 heavy (non-hydrogen) atoms. The zero-order valence-corrected chi connectivity index (χ0v) is 7.91. The van der Waals surface area contributed by atoms with E-state index in [0.717, 1.165) is 5.17 Å². The minimum atomic E-state index is -2.80. The third-order valence-corrected chi connectivity index (χ3v) is 5.23. The van der Waals surface area contributed by atoms with Crippen LogP contribution in [0.1, 0.15) is 0 Å². The van der Waals surface area contributed by atoms with Gasteiger partial charge in [-0.15, -0.1) is 0 Å². The molecule has 0 radical (unpaired) electrons. The SMILES string of the molecule is NNC1=[NH+][C@@H]2CS(=O)(=O)C[C@@H]2S1. The molecule has 0 aromatic heterocycles. The summed E-state index contributed by atoms with van der Waals surface area (Å²) in [6, 6.07) is 0.0473. The molecule has 5 nitrogen and oxygen atoms in total. The third kappa shape index (κ3) is 1.32. The molecule has 0 bridgehead atoms. The lowest BCUT2D eigenvalue weighted by Gasteiger charge is -1.96. The van der Waals surface area contributed by atoms with E-state index in [-0.39, 0.29) is 22.8 Å². The zero-order valence-electron chi connectivity index (χ0n) is 6.28. The number of nitrogens with two attached hydrogens (primary N) is 1. The van der Waals surface area contributed by atoms with Crippen LogP contribution in [0.2, 0.25) is 0 Å². The van der Waals surface area contributed by atoms with Crippen molar-refractivity contribution in [2.75, 3.05) is 11.5 Å². The monoisotopic (exact) mass is 208 g/mol. The van der Waals surface area contributed by atoms with Gasteiger partial charge in [0.15, 0.2) is 9.84 Å². The van der Waals surface area contributed by atoms with Gasteiger partial charge in [0.05, 0.1) is 16.8 Å². The first-order valence-electron chi connectivity index (χ1n) is 3.58. The van der Waals surface area contributed by atoms with Gasteiger partial charge >= 0.3 is 5.17 Å². The molecule has 0 aromatic rings. The van der Waals surface area contributed by atoms with Crippen molar-refractivity contribution in [3.63, 3.8) is 0 Å². The van der Waals surface area contributed by atoms with Crippen molar-refractivity contribution in [3.8, 4) is 0 Å². The highest BCUT2D eigenvalue weighted by Crippen LogP contribution is 2.24. The number of sulfone groups is 1. The molecule has 1 fully saturated rings. The topological polar surface area (TPSA) is 86.2 Å². The fraction of sp³-hybridized carbons (Fsp3) is 0.800. The highest BCUT2D eigenvalue weighted by molar-refractivity contribution is 8.15. The summed E-state index contributed by atoms with van der Waals surface area (Å²) in [4.78, 5) is 3.02. The number of hydrogen-bond acceptors (Lipinski definition) is 5. The van der Waals surface area contributed by atoms with E-state index in [1.54, 1.807) is 0 Å². The Morgan fingerprint density at radius 1 is 1.58 bits per heavy atom. The van der Waals surface area contributed by atoms with Gasteiger partial charge in [-0.05, 0) is 11.8 Å². The van der Waals surface area contributed by atoms with Crippen LogP contribution in [0.5, 0.6) is 0 Å². The molecular formula is C5H10N3O2S2+. The smallest absolute Gasteiger partial charge is 0.263 e. The Labute approximate surface area is 74.7 Å². The lowest BCUT2D eigenvalue weighted by Crippen LogP contribution is -2.80. The van der Waals surface area contributed by atoms with Crippen LogP contribution in [0.3, 0.4) is 0 Å². The molecular weight excluding hydrogens is 198 g/mol. The number of thioether (sulfide) groups is 1. The maximum atomic E-state index is 11.1. The number of fused-ring (bicyclic) bond motifs is 1. The molecule has 0 amide bonds. The number of amidine groups is 1. The summed E-state index contributed by atoms with van der Waals surface area (Å²) in [6.07, 6.45) is 0. The van der Waals surface area contributed by atoms with E-state index in [2.05, 4.69) is 10.4 Å². The van der Waals surface area contributed by atoms with Gasteiger partial charge in [-0.2, -0.15) is 11.3 Å². The predicted molar refractivity (Wildman–Crippen MR) is 47.1 cm³/mol. The molecule has 2 atom stereocenters. The highest BCUT2D eigenvalue weighted by Gasteiger charge is 2.45. The average molecular weight is 208 g/mol. The first-order valence-corrected chi connectivity index (χ1v) is 6.28. The van der Waals surface area contributed by atoms with Crippen LogP contribution in [0.15, 0.2) is 0 Å². The first-order chi connectivity index (χ1) is 5.61. The second-order valence-corrected chi connectivity index (χ2v) is 6.36. The van der Waals surface area contributed by atoms with Crippen molar-refractivity contribution in [2.45, 2.75) is 11.3 Å². The fourth-order valence-electron chi connectivity index (χ4n) is 1.50. The van der Waals surface area contributed by atoms with Crippen molar-refractivity contribution in [1.29, 1.82) is 0 Å². The van der Waals surface area contributed by atoms with Gasteiger partial charge in [-0.3, -0.25) is 4.99 Å². The lowest BCUT2D eigenvalue weighted by molar-refractivity contribution is -0.489. The third-order valence-electron chi connectivity index (χ3n) is 2.02. The van der Waals surface area contributed by atoms with Crippen LogP contribution < -0.4 is 16.3 Å². The summed E-state index contributed by atoms with van der Waals surface area (Å²) in [5.41, 5.74) is 2.49. The molecule has 2 rings (SSSR count). The van der Waals surface area contributed by atoms with Gasteiger partial charge in [-0.25, -0.2) is 8.42 Å². The summed E-state index contributed by atoms with van der Waals surface area (Å²) >= 11 is 1.47. The van der Waals surface area contributed by atoms with Gasteiger partial charge in [0.2, 0.25) is 0 Å². The van der Waals surface area contributed by atoms with E-state index in [9.17, 15) is 8.42 Å². The Hall–Kier alpha value is -0.270. The average Bonchev–Trinajstić information content (AvgIpc) is 2.40. The minimum Gasteiger partial charge on any atom is -0.263 e. The standard InChI is InChI=1S/C5H9N3O2S2/c6-8-5-7-3-1-12(9,10)2-4(3)11-5/h3-4H,1-2,6H2,(H,7,8)/p+1/t3-,4+/m1/s1. The predicted octanol–water partition coefficient (Wildman–Crippen LogP) is -3.20. The van der Waals surface area contributed by atoms with E-state index >= 15 is 0 Å². The number of hydrogen-bond donors (Lipinski definition) is 3. The van der Waals surface area contributed by atoms with E-state index in [0.29, 0.717) is 0 Å². The summed E-state index contributed by atoms with van der Waals surface area (Å²) in [5, 5.41) is 0.918. The number of hydrazine groups is 1. The molecule has 0 spiro atoms. The second-order valence-electron chi connectivity index (χ2n) is 2.96. The molecule has 0 aliphatic carbocycles. The van der Waals surface area contributed by atoms with Crippen LogP contribution in [0.4, 0.5) is 0 Å². The lowest BCUT2D eigenvalue weighted by atomic mass is 10.3. The van der Waals surface area contributed by atoms with E-state index < -0.39 is 9.84 Å². The normalized spacial score (nSPS) is 37.6. The molecule has 1 saturated heterocycles. The van der Waals surface area contributed by atoms with Gasteiger partial charge in [0.1, 0.15) is 6.04 Å². The van der Waals surface area contributed by atoms with E-state index in [1.165, 1.54) is 11.8 Å². The van der Waals surface area contributed by atoms with E-state index in [1.807, 2.05) is 0 Å². The Morgan fingerprint density at radius 3 is 2.92 bits per heavy atom. The molecule has 0 unspecified atom stereocenters. The fourth-order valence-corrected chi connectivity index (χ4v) is 5.16. The van der Waals surface area contributed by atoms with Gasteiger partial charge in [0.25, 0.3) is 0 Å². The van der Waals surface area contributed by atoms with Gasteiger partial charge < -0.3 is 0 Å². The van der Waals surface area contributed by atoms with Crippen molar-refractivity contribution in [3.05, 3.63) is 0 Å². The number of nitrogens with one attached hydrogen (secondary N) is 2. The molecule has 4 N–H and O–H groups in total. The largest absolute Gasteiger partial charge is 0.322 e. The van der Waals surface area contributed by atoms with Crippen LogP contribution in [0.25, 0.3) is 0 Å². The molecule has 0 aromatic carbocycles. The van der Waals surface area contributed by atoms with Gasteiger partial charge in [-0.1, -0.05) is 0 Å². The Kier molecular flexibility index (Phi) is 1.81. The van der Waals surface area contributed by atoms with Crippen molar-refractivity contribution in [2.24, 2.45) is 5.84 Å². The second kappa shape index (κ2) is 2.61. The molecule has 68 valence electrons. The van der Waals surface area contributed by atoms with Crippen molar-refractivity contribution < 1.29 is 13.4 Å². The van der Waals surface area contributed by atoms with Crippen LogP contribution in [-0.4, -0.2) is 36.4 Å². The summed E-state index contributed by atoms with van der Waals surface area (Å²) < 4.78 is 22.2. The zero-order chi connectivity index (χ0) is 8.77. The minimum absolute atomic E-state index is 0.0473. The Morgan fingerprint density at radius 2 is 2.33 bits per heavy atom. The Bertz CT molecular complexity index is 324. The van der Waals surface area contributed by atoms with Crippen molar-refractivity contribution >= 4 is 26.8 Å². The van der Waals surface area contributed by atoms with E-state index in [4.69, 9.17) is 5.84 Å². The quantitative estimate of drug-likeness (QED) is 0.288. The molecule has 2 heterocycles. The summed E-state index contributed by atoms with van der Waals surface area (Å²) in [7, 11) is -2.80. The summed E-state index contributed by atoms with van der Waals surface area (Å²) in [6.45, 7) is 0. The maximum Gasteiger partial charge on any atom is 0.322 e. The van der Waals surface area contributed by atoms with Crippen LogP contribution in [0, 0.1) is 0 Å². The first kappa shape index (κ1) is 8.33. The van der Waals surface area contributed by atoms with Gasteiger partial charge in [0, 0.05) is 0 Å². The molecule has 7 heteroatoms.